The minimum absolute atomic E-state index is 0.0386. The van der Waals surface area contributed by atoms with Gasteiger partial charge >= 0.3 is 6.09 Å². The molecule has 2 saturated heterocycles. The first kappa shape index (κ1) is 18.7. The molecule has 0 aromatic heterocycles. The molecule has 142 valence electrons. The number of carbonyl (C=O) groups excluding carboxylic acids is 2. The highest BCUT2D eigenvalue weighted by Crippen LogP contribution is 2.38. The number of piperidine rings is 1. The third-order valence-corrected chi connectivity index (χ3v) is 4.91. The lowest BCUT2D eigenvalue weighted by Crippen LogP contribution is -2.50. The predicted octanol–water partition coefficient (Wildman–Crippen LogP) is 4.34. The van der Waals surface area contributed by atoms with E-state index in [1.54, 1.807) is 6.07 Å². The molecule has 2 aliphatic rings. The van der Waals surface area contributed by atoms with Gasteiger partial charge in [-0.25, -0.2) is 9.18 Å². The average Bonchev–Trinajstić information content (AvgIpc) is 2.79. The second-order valence-corrected chi connectivity index (χ2v) is 8.18. The van der Waals surface area contributed by atoms with E-state index in [2.05, 4.69) is 0 Å². The Hall–Kier alpha value is -2.11. The summed E-state index contributed by atoms with van der Waals surface area (Å²) in [6.45, 7) is 6.93. The number of ether oxygens (including phenoxy) is 2. The molecule has 0 radical (unpaired) electrons. The molecule has 0 saturated carbocycles. The standard InChI is InChI=1S/C20H26FNO4/c1-12(23)17-11-15(7-8-18(17)21)25-16-9-13-5-6-14(10-16)22(13)19(24)26-20(2,3)4/h7-8,11,13-14,16H,5-6,9-10H2,1-4H3/t13-,14+,16?. The van der Waals surface area contributed by atoms with Gasteiger partial charge in [0.1, 0.15) is 23.3 Å². The number of Topliss-reactive ketones (excluding diaryl/α,β-unsaturated/α-hetero) is 1. The number of nitrogens with zero attached hydrogens (tertiary/aromatic N) is 1. The van der Waals surface area contributed by atoms with Crippen LogP contribution in [0.1, 0.15) is 63.7 Å². The molecular weight excluding hydrogens is 337 g/mol. The van der Waals surface area contributed by atoms with Crippen molar-refractivity contribution in [2.75, 3.05) is 0 Å². The maximum atomic E-state index is 13.7. The molecule has 3 rings (SSSR count). The van der Waals surface area contributed by atoms with Crippen molar-refractivity contribution in [1.29, 1.82) is 0 Å². The number of fused-ring (bicyclic) bond motifs is 2. The molecule has 1 amide bonds. The van der Waals surface area contributed by atoms with E-state index in [0.29, 0.717) is 18.6 Å². The largest absolute Gasteiger partial charge is 0.490 e. The van der Waals surface area contributed by atoms with E-state index in [1.165, 1.54) is 19.1 Å². The number of ketones is 1. The lowest BCUT2D eigenvalue weighted by molar-refractivity contribution is -0.00711. The molecular formula is C20H26FNO4. The third-order valence-electron chi connectivity index (χ3n) is 4.91. The fourth-order valence-corrected chi connectivity index (χ4v) is 3.88. The first-order valence-electron chi connectivity index (χ1n) is 9.12. The molecule has 1 aromatic rings. The summed E-state index contributed by atoms with van der Waals surface area (Å²) in [6, 6.07) is 4.46. The number of carbonyl (C=O) groups is 2. The zero-order valence-electron chi connectivity index (χ0n) is 15.8. The number of hydrogen-bond donors (Lipinski definition) is 0. The maximum Gasteiger partial charge on any atom is 0.410 e. The van der Waals surface area contributed by atoms with Crippen LogP contribution in [0.2, 0.25) is 0 Å². The van der Waals surface area contributed by atoms with E-state index >= 15 is 0 Å². The summed E-state index contributed by atoms with van der Waals surface area (Å²) in [6.07, 6.45) is 2.98. The van der Waals surface area contributed by atoms with Crippen molar-refractivity contribution >= 4 is 11.9 Å². The maximum absolute atomic E-state index is 13.7. The molecule has 0 spiro atoms. The van der Waals surface area contributed by atoms with Crippen LogP contribution in [0.5, 0.6) is 5.75 Å². The van der Waals surface area contributed by atoms with Gasteiger partial charge in [-0.2, -0.15) is 0 Å². The van der Waals surface area contributed by atoms with Gasteiger partial charge in [-0.15, -0.1) is 0 Å². The quantitative estimate of drug-likeness (QED) is 0.750. The normalized spacial score (nSPS) is 25.1. The lowest BCUT2D eigenvalue weighted by Gasteiger charge is -2.39. The van der Waals surface area contributed by atoms with Gasteiger partial charge in [0.25, 0.3) is 0 Å². The van der Waals surface area contributed by atoms with Crippen LogP contribution in [0.15, 0.2) is 18.2 Å². The summed E-state index contributed by atoms with van der Waals surface area (Å²) >= 11 is 0. The Morgan fingerprint density at radius 1 is 1.15 bits per heavy atom. The van der Waals surface area contributed by atoms with Crippen LogP contribution in [0.3, 0.4) is 0 Å². The average molecular weight is 363 g/mol. The van der Waals surface area contributed by atoms with E-state index in [0.717, 1.165) is 12.8 Å². The Bertz CT molecular complexity index is 698. The molecule has 0 N–H and O–H groups in total. The second kappa shape index (κ2) is 6.89. The summed E-state index contributed by atoms with van der Waals surface area (Å²) < 4.78 is 25.2. The van der Waals surface area contributed by atoms with Crippen molar-refractivity contribution < 1.29 is 23.5 Å². The summed E-state index contributed by atoms with van der Waals surface area (Å²) in [5, 5.41) is 0. The summed E-state index contributed by atoms with van der Waals surface area (Å²) in [5.41, 5.74) is -0.474. The van der Waals surface area contributed by atoms with Crippen molar-refractivity contribution in [2.24, 2.45) is 0 Å². The monoisotopic (exact) mass is 363 g/mol. The molecule has 5 nitrogen and oxygen atoms in total. The Labute approximate surface area is 153 Å². The van der Waals surface area contributed by atoms with Crippen LogP contribution in [-0.4, -0.2) is 40.6 Å². The minimum atomic E-state index is -0.537. The van der Waals surface area contributed by atoms with Crippen molar-refractivity contribution in [3.63, 3.8) is 0 Å². The van der Waals surface area contributed by atoms with Crippen LogP contribution in [0, 0.1) is 5.82 Å². The molecule has 2 aliphatic heterocycles. The molecule has 26 heavy (non-hydrogen) atoms. The summed E-state index contributed by atoms with van der Waals surface area (Å²) in [4.78, 5) is 25.8. The Morgan fingerprint density at radius 2 is 1.77 bits per heavy atom. The van der Waals surface area contributed by atoms with Crippen LogP contribution in [0.4, 0.5) is 9.18 Å². The van der Waals surface area contributed by atoms with E-state index < -0.39 is 11.4 Å². The van der Waals surface area contributed by atoms with Gasteiger partial charge in [-0.05, 0) is 58.7 Å². The van der Waals surface area contributed by atoms with E-state index in [-0.39, 0.29) is 35.6 Å². The Balaban J connectivity index is 1.67. The van der Waals surface area contributed by atoms with Crippen LogP contribution < -0.4 is 4.74 Å². The molecule has 2 heterocycles. The van der Waals surface area contributed by atoms with Gasteiger partial charge in [0, 0.05) is 24.9 Å². The van der Waals surface area contributed by atoms with Crippen molar-refractivity contribution in [3.05, 3.63) is 29.6 Å². The van der Waals surface area contributed by atoms with Crippen LogP contribution in [0.25, 0.3) is 0 Å². The molecule has 2 fully saturated rings. The number of rotatable bonds is 3. The lowest BCUT2D eigenvalue weighted by atomic mass is 10.00. The van der Waals surface area contributed by atoms with Crippen molar-refractivity contribution in [2.45, 2.75) is 77.2 Å². The van der Waals surface area contributed by atoms with Gasteiger partial charge in [0.05, 0.1) is 5.56 Å². The smallest absolute Gasteiger partial charge is 0.410 e. The predicted molar refractivity (Wildman–Crippen MR) is 94.9 cm³/mol. The first-order valence-corrected chi connectivity index (χ1v) is 9.12. The fraction of sp³-hybridized carbons (Fsp3) is 0.600. The van der Waals surface area contributed by atoms with Crippen molar-refractivity contribution in [3.8, 4) is 5.75 Å². The molecule has 1 aromatic carbocycles. The minimum Gasteiger partial charge on any atom is -0.490 e. The molecule has 6 heteroatoms. The van der Waals surface area contributed by atoms with Gasteiger partial charge < -0.3 is 14.4 Å². The number of benzene rings is 1. The van der Waals surface area contributed by atoms with E-state index in [1.807, 2.05) is 25.7 Å². The van der Waals surface area contributed by atoms with Gasteiger partial charge in [-0.3, -0.25) is 4.79 Å². The molecule has 2 bridgehead atoms. The molecule has 3 atom stereocenters. The second-order valence-electron chi connectivity index (χ2n) is 8.18. The van der Waals surface area contributed by atoms with E-state index in [9.17, 15) is 14.0 Å². The number of halogens is 1. The van der Waals surface area contributed by atoms with E-state index in [4.69, 9.17) is 9.47 Å². The zero-order valence-corrected chi connectivity index (χ0v) is 15.8. The highest BCUT2D eigenvalue weighted by atomic mass is 19.1. The highest BCUT2D eigenvalue weighted by Gasteiger charge is 2.45. The number of amides is 1. The topological polar surface area (TPSA) is 55.8 Å². The number of hydrogen-bond acceptors (Lipinski definition) is 4. The van der Waals surface area contributed by atoms with Gasteiger partial charge in [0.15, 0.2) is 5.78 Å². The fourth-order valence-electron chi connectivity index (χ4n) is 3.88. The van der Waals surface area contributed by atoms with Crippen molar-refractivity contribution in [1.82, 2.24) is 4.90 Å². The Morgan fingerprint density at radius 3 is 2.31 bits per heavy atom. The van der Waals surface area contributed by atoms with Crippen LogP contribution in [-0.2, 0) is 4.74 Å². The molecule has 1 unspecified atom stereocenters. The molecule has 0 aliphatic carbocycles. The first-order chi connectivity index (χ1) is 12.1. The van der Waals surface area contributed by atoms with Crippen LogP contribution >= 0.6 is 0 Å². The summed E-state index contributed by atoms with van der Waals surface area (Å²) in [7, 11) is 0. The SMILES string of the molecule is CC(=O)c1cc(OC2C[C@H]3CC[C@@H](C2)N3C(=O)OC(C)(C)C)ccc1F. The zero-order chi connectivity index (χ0) is 19.1. The highest BCUT2D eigenvalue weighted by molar-refractivity contribution is 5.94. The van der Waals surface area contributed by atoms with Gasteiger partial charge in [0.2, 0.25) is 0 Å². The third kappa shape index (κ3) is 4.00. The Kier molecular flexibility index (Phi) is 4.95. The van der Waals surface area contributed by atoms with Gasteiger partial charge in [-0.1, -0.05) is 0 Å². The summed E-state index contributed by atoms with van der Waals surface area (Å²) in [5.74, 6) is -0.371.